The standard InChI is InChI=1S/C20H19N3O6/c1-12(29-17-9-8-13(11-24)10-16(17)23(27)28)18(25)22-15-7-5-4-6-14(15)21-19(26)20(22,2)3/h4-12H,1-3H3,(H,21,26)/t12-/m1/s1. The molecule has 1 aliphatic heterocycles. The molecule has 150 valence electrons. The summed E-state index contributed by atoms with van der Waals surface area (Å²) >= 11 is 0. The van der Waals surface area contributed by atoms with Gasteiger partial charge in [0.05, 0.1) is 16.3 Å². The number of nitrogens with zero attached hydrogens (tertiary/aromatic N) is 2. The number of fused-ring (bicyclic) bond motifs is 1. The predicted molar refractivity (Wildman–Crippen MR) is 105 cm³/mol. The van der Waals surface area contributed by atoms with Crippen molar-refractivity contribution in [1.82, 2.24) is 0 Å². The molecule has 1 N–H and O–H groups in total. The Bertz CT molecular complexity index is 1020. The zero-order valence-electron chi connectivity index (χ0n) is 16.0. The van der Waals surface area contributed by atoms with Gasteiger partial charge >= 0.3 is 5.69 Å². The van der Waals surface area contributed by atoms with Gasteiger partial charge in [0.25, 0.3) is 5.91 Å². The maximum Gasteiger partial charge on any atom is 0.311 e. The number of hydrogen-bond acceptors (Lipinski definition) is 6. The number of anilines is 2. The van der Waals surface area contributed by atoms with Gasteiger partial charge in [-0.2, -0.15) is 0 Å². The lowest BCUT2D eigenvalue weighted by molar-refractivity contribution is -0.386. The van der Waals surface area contributed by atoms with E-state index in [1.165, 1.54) is 24.0 Å². The van der Waals surface area contributed by atoms with E-state index in [2.05, 4.69) is 5.32 Å². The molecule has 1 aliphatic rings. The maximum absolute atomic E-state index is 13.2. The van der Waals surface area contributed by atoms with Gasteiger partial charge in [0, 0.05) is 11.6 Å². The Balaban J connectivity index is 1.95. The second-order valence-corrected chi connectivity index (χ2v) is 7.07. The van der Waals surface area contributed by atoms with Gasteiger partial charge in [0.15, 0.2) is 11.9 Å². The lowest BCUT2D eigenvalue weighted by atomic mass is 9.95. The van der Waals surface area contributed by atoms with E-state index in [9.17, 15) is 24.5 Å². The summed E-state index contributed by atoms with van der Waals surface area (Å²) in [5, 5.41) is 14.1. The molecule has 3 rings (SSSR count). The molecule has 29 heavy (non-hydrogen) atoms. The highest BCUT2D eigenvalue weighted by Crippen LogP contribution is 2.37. The van der Waals surface area contributed by atoms with Gasteiger partial charge in [-0.3, -0.25) is 29.4 Å². The number of nitrogens with one attached hydrogen (secondary N) is 1. The van der Waals surface area contributed by atoms with Crippen LogP contribution >= 0.6 is 0 Å². The van der Waals surface area contributed by atoms with E-state index >= 15 is 0 Å². The normalized spacial score (nSPS) is 15.7. The monoisotopic (exact) mass is 397 g/mol. The van der Waals surface area contributed by atoms with Crippen LogP contribution in [-0.4, -0.2) is 34.7 Å². The summed E-state index contributed by atoms with van der Waals surface area (Å²) in [4.78, 5) is 48.6. The van der Waals surface area contributed by atoms with Gasteiger partial charge < -0.3 is 10.1 Å². The van der Waals surface area contributed by atoms with Crippen LogP contribution in [0.25, 0.3) is 0 Å². The fourth-order valence-corrected chi connectivity index (χ4v) is 3.12. The van der Waals surface area contributed by atoms with Gasteiger partial charge in [-0.05, 0) is 45.0 Å². The molecule has 0 saturated heterocycles. The number of hydrogen-bond donors (Lipinski definition) is 1. The van der Waals surface area contributed by atoms with Crippen LogP contribution in [0.5, 0.6) is 5.75 Å². The van der Waals surface area contributed by atoms with E-state index in [-0.39, 0.29) is 17.2 Å². The van der Waals surface area contributed by atoms with Crippen LogP contribution in [0.15, 0.2) is 42.5 Å². The third kappa shape index (κ3) is 3.54. The smallest absolute Gasteiger partial charge is 0.311 e. The first kappa shape index (κ1) is 20.0. The van der Waals surface area contributed by atoms with Gasteiger partial charge in [-0.15, -0.1) is 0 Å². The minimum absolute atomic E-state index is 0.116. The number of rotatable bonds is 5. The highest BCUT2D eigenvalue weighted by atomic mass is 16.6. The van der Waals surface area contributed by atoms with Crippen molar-refractivity contribution in [3.63, 3.8) is 0 Å². The summed E-state index contributed by atoms with van der Waals surface area (Å²) in [5.74, 6) is -1.04. The summed E-state index contributed by atoms with van der Waals surface area (Å²) in [6.45, 7) is 4.65. The van der Waals surface area contributed by atoms with Crippen molar-refractivity contribution in [3.8, 4) is 5.75 Å². The van der Waals surface area contributed by atoms with Crippen molar-refractivity contribution in [2.75, 3.05) is 10.2 Å². The van der Waals surface area contributed by atoms with Gasteiger partial charge in [0.2, 0.25) is 5.91 Å². The number of para-hydroxylation sites is 2. The lowest BCUT2D eigenvalue weighted by Crippen LogP contribution is -2.60. The first-order valence-electron chi connectivity index (χ1n) is 8.81. The first-order valence-corrected chi connectivity index (χ1v) is 8.81. The molecule has 1 heterocycles. The van der Waals surface area contributed by atoms with Crippen molar-refractivity contribution in [1.29, 1.82) is 0 Å². The average molecular weight is 397 g/mol. The van der Waals surface area contributed by atoms with Crippen LogP contribution in [-0.2, 0) is 9.59 Å². The van der Waals surface area contributed by atoms with E-state index in [0.29, 0.717) is 17.7 Å². The van der Waals surface area contributed by atoms with Crippen LogP contribution in [0, 0.1) is 10.1 Å². The molecule has 2 amide bonds. The van der Waals surface area contributed by atoms with E-state index in [0.717, 1.165) is 6.07 Å². The number of carbonyl (C=O) groups is 3. The fraction of sp³-hybridized carbons (Fsp3) is 0.250. The molecular weight excluding hydrogens is 378 g/mol. The molecule has 1 atom stereocenters. The summed E-state index contributed by atoms with van der Waals surface area (Å²) in [5.41, 5.74) is -0.519. The largest absolute Gasteiger partial charge is 0.474 e. The van der Waals surface area contributed by atoms with E-state index < -0.39 is 28.2 Å². The highest BCUT2D eigenvalue weighted by Gasteiger charge is 2.45. The third-order valence-electron chi connectivity index (χ3n) is 4.70. The number of nitro benzene ring substituents is 1. The topological polar surface area (TPSA) is 119 Å². The Morgan fingerprint density at radius 2 is 1.97 bits per heavy atom. The van der Waals surface area contributed by atoms with Crippen molar-refractivity contribution >= 4 is 35.2 Å². The number of amides is 2. The Morgan fingerprint density at radius 1 is 1.28 bits per heavy atom. The molecule has 2 aromatic carbocycles. The van der Waals surface area contributed by atoms with Crippen LogP contribution in [0.3, 0.4) is 0 Å². The number of carbonyl (C=O) groups excluding carboxylic acids is 3. The molecule has 0 fully saturated rings. The molecule has 0 aliphatic carbocycles. The molecule has 0 bridgehead atoms. The molecule has 2 aromatic rings. The fourth-order valence-electron chi connectivity index (χ4n) is 3.12. The minimum atomic E-state index is -1.20. The molecule has 9 nitrogen and oxygen atoms in total. The summed E-state index contributed by atoms with van der Waals surface area (Å²) in [7, 11) is 0. The summed E-state index contributed by atoms with van der Waals surface area (Å²) < 4.78 is 5.58. The summed E-state index contributed by atoms with van der Waals surface area (Å²) in [6.07, 6.45) is -0.647. The third-order valence-corrected chi connectivity index (χ3v) is 4.70. The van der Waals surface area contributed by atoms with Gasteiger partial charge in [-0.1, -0.05) is 12.1 Å². The van der Waals surface area contributed by atoms with Gasteiger partial charge in [-0.25, -0.2) is 0 Å². The van der Waals surface area contributed by atoms with Gasteiger partial charge in [0.1, 0.15) is 11.8 Å². The Morgan fingerprint density at radius 3 is 2.62 bits per heavy atom. The summed E-state index contributed by atoms with van der Waals surface area (Å²) in [6, 6.07) is 10.6. The van der Waals surface area contributed by atoms with E-state index in [4.69, 9.17) is 4.74 Å². The highest BCUT2D eigenvalue weighted by molar-refractivity contribution is 6.15. The number of nitro groups is 1. The first-order chi connectivity index (χ1) is 13.7. The Labute approximate surface area is 166 Å². The second kappa shape index (κ2) is 7.34. The van der Waals surface area contributed by atoms with E-state index in [1.54, 1.807) is 38.1 Å². The number of aldehydes is 1. The van der Waals surface area contributed by atoms with E-state index in [1.807, 2.05) is 0 Å². The van der Waals surface area contributed by atoms with Crippen LogP contribution in [0.4, 0.5) is 17.1 Å². The average Bonchev–Trinajstić information content (AvgIpc) is 2.68. The minimum Gasteiger partial charge on any atom is -0.474 e. The molecule has 0 unspecified atom stereocenters. The maximum atomic E-state index is 13.2. The SMILES string of the molecule is C[C@@H](Oc1ccc(C=O)cc1[N+](=O)[O-])C(=O)N1c2ccccc2NC(=O)C1(C)C. The van der Waals surface area contributed by atoms with Crippen molar-refractivity contribution in [2.45, 2.75) is 32.4 Å². The van der Waals surface area contributed by atoms with Crippen LogP contribution < -0.4 is 15.0 Å². The number of ether oxygens (including phenoxy) is 1. The molecular formula is C20H19N3O6. The van der Waals surface area contributed by atoms with Crippen molar-refractivity contribution in [3.05, 3.63) is 58.1 Å². The van der Waals surface area contributed by atoms with Crippen LogP contribution in [0.2, 0.25) is 0 Å². The molecule has 9 heteroatoms. The Kier molecular flexibility index (Phi) is 5.06. The number of benzene rings is 2. The molecule has 0 aromatic heterocycles. The van der Waals surface area contributed by atoms with Crippen LogP contribution in [0.1, 0.15) is 31.1 Å². The quantitative estimate of drug-likeness (QED) is 0.471. The van der Waals surface area contributed by atoms with Crippen molar-refractivity contribution in [2.24, 2.45) is 0 Å². The second-order valence-electron chi connectivity index (χ2n) is 7.07. The van der Waals surface area contributed by atoms with Crippen molar-refractivity contribution < 1.29 is 24.0 Å². The zero-order chi connectivity index (χ0) is 21.3. The zero-order valence-corrected chi connectivity index (χ0v) is 16.0. The molecule has 0 spiro atoms. The molecule has 0 saturated carbocycles. The lowest BCUT2D eigenvalue weighted by Gasteiger charge is -2.42. The molecule has 0 radical (unpaired) electrons. The Hall–Kier alpha value is -3.75. The predicted octanol–water partition coefficient (Wildman–Crippen LogP) is 2.94.